The van der Waals surface area contributed by atoms with Crippen molar-refractivity contribution < 1.29 is 4.79 Å². The zero-order chi connectivity index (χ0) is 14.7. The molecule has 1 amide bonds. The number of pyridine rings is 1. The second kappa shape index (κ2) is 6.06. The Bertz CT molecular complexity index is 627. The molecule has 1 aromatic heterocycles. The van der Waals surface area contributed by atoms with E-state index in [1.807, 2.05) is 49.6 Å². The molecule has 0 spiro atoms. The van der Waals surface area contributed by atoms with E-state index in [2.05, 4.69) is 16.4 Å². The fourth-order valence-corrected chi connectivity index (χ4v) is 2.75. The molecule has 1 N–H and O–H groups in total. The molecular weight excluding hydrogens is 262 g/mol. The van der Waals surface area contributed by atoms with Gasteiger partial charge in [-0.15, -0.1) is 0 Å². The minimum absolute atomic E-state index is 0.0913. The number of nitrogens with one attached hydrogen (secondary N) is 1. The molecule has 0 bridgehead atoms. The van der Waals surface area contributed by atoms with E-state index in [0.29, 0.717) is 6.42 Å². The second-order valence-electron chi connectivity index (χ2n) is 5.29. The van der Waals surface area contributed by atoms with Crippen molar-refractivity contribution in [2.45, 2.75) is 18.9 Å². The van der Waals surface area contributed by atoms with E-state index in [1.54, 1.807) is 4.90 Å². The summed E-state index contributed by atoms with van der Waals surface area (Å²) in [6.07, 6.45) is 3.18. The lowest BCUT2D eigenvalue weighted by Crippen LogP contribution is -2.38. The standard InChI is InChI=1S/C17H19N3O/c1-20-16-8-3-2-7-14(16)15(12-17(20)21)19-11-9-13-6-4-5-10-18-13/h2-8,10,15,19H,9,11-12H2,1H3. The van der Waals surface area contributed by atoms with Gasteiger partial charge in [-0.2, -0.15) is 0 Å². The number of carbonyl (C=O) groups is 1. The average molecular weight is 281 g/mol. The Balaban J connectivity index is 1.68. The van der Waals surface area contributed by atoms with Crippen LogP contribution >= 0.6 is 0 Å². The Morgan fingerprint density at radius 1 is 1.24 bits per heavy atom. The largest absolute Gasteiger partial charge is 0.315 e. The number of hydrogen-bond acceptors (Lipinski definition) is 3. The molecule has 21 heavy (non-hydrogen) atoms. The number of fused-ring (bicyclic) bond motifs is 1. The van der Waals surface area contributed by atoms with Gasteiger partial charge >= 0.3 is 0 Å². The van der Waals surface area contributed by atoms with E-state index in [0.717, 1.165) is 24.3 Å². The molecular formula is C17H19N3O. The summed E-state index contributed by atoms with van der Waals surface area (Å²) in [5.74, 6) is 0.157. The van der Waals surface area contributed by atoms with Gasteiger partial charge in [-0.05, 0) is 23.8 Å². The summed E-state index contributed by atoms with van der Waals surface area (Å²) in [5.41, 5.74) is 3.27. The number of rotatable bonds is 4. The van der Waals surface area contributed by atoms with Crippen LogP contribution in [-0.2, 0) is 11.2 Å². The number of anilines is 1. The maximum atomic E-state index is 12.1. The number of amides is 1. The lowest BCUT2D eigenvalue weighted by molar-refractivity contribution is -0.119. The predicted octanol–water partition coefficient (Wildman–Crippen LogP) is 2.32. The molecule has 3 rings (SSSR count). The molecule has 1 aliphatic heterocycles. The molecule has 1 aliphatic rings. The number of carbonyl (C=O) groups excluding carboxylic acids is 1. The van der Waals surface area contributed by atoms with Crippen LogP contribution in [0.1, 0.15) is 23.7 Å². The van der Waals surface area contributed by atoms with Crippen LogP contribution in [0.25, 0.3) is 0 Å². The summed E-state index contributed by atoms with van der Waals surface area (Å²) in [6, 6.07) is 14.1. The first-order chi connectivity index (χ1) is 10.3. The molecule has 0 saturated carbocycles. The Hall–Kier alpha value is -2.20. The van der Waals surface area contributed by atoms with Gasteiger partial charge in [0.25, 0.3) is 0 Å². The molecule has 2 aromatic rings. The molecule has 1 aromatic carbocycles. The van der Waals surface area contributed by atoms with Gasteiger partial charge in [0.15, 0.2) is 0 Å². The van der Waals surface area contributed by atoms with Gasteiger partial charge < -0.3 is 10.2 Å². The molecule has 2 heterocycles. The van der Waals surface area contributed by atoms with Crippen LogP contribution in [0, 0.1) is 0 Å². The van der Waals surface area contributed by atoms with Gasteiger partial charge in [-0.25, -0.2) is 0 Å². The monoisotopic (exact) mass is 281 g/mol. The molecule has 1 atom stereocenters. The van der Waals surface area contributed by atoms with E-state index in [1.165, 1.54) is 5.56 Å². The van der Waals surface area contributed by atoms with Gasteiger partial charge in [0.1, 0.15) is 0 Å². The highest BCUT2D eigenvalue weighted by atomic mass is 16.2. The third kappa shape index (κ3) is 2.95. The quantitative estimate of drug-likeness (QED) is 0.935. The van der Waals surface area contributed by atoms with Crippen LogP contribution in [0.3, 0.4) is 0 Å². The minimum Gasteiger partial charge on any atom is -0.315 e. The van der Waals surface area contributed by atoms with E-state index < -0.39 is 0 Å². The van der Waals surface area contributed by atoms with Gasteiger partial charge in [0.05, 0.1) is 0 Å². The van der Waals surface area contributed by atoms with Crippen molar-refractivity contribution >= 4 is 11.6 Å². The highest BCUT2D eigenvalue weighted by Crippen LogP contribution is 2.33. The van der Waals surface area contributed by atoms with Gasteiger partial charge in [0.2, 0.25) is 5.91 Å². The molecule has 4 nitrogen and oxygen atoms in total. The van der Waals surface area contributed by atoms with Crippen molar-refractivity contribution in [3.63, 3.8) is 0 Å². The number of para-hydroxylation sites is 1. The van der Waals surface area contributed by atoms with Crippen LogP contribution in [-0.4, -0.2) is 24.5 Å². The fraction of sp³-hybridized carbons (Fsp3) is 0.294. The van der Waals surface area contributed by atoms with Crippen LogP contribution < -0.4 is 10.2 Å². The molecule has 0 aliphatic carbocycles. The summed E-state index contributed by atoms with van der Waals surface area (Å²) >= 11 is 0. The zero-order valence-corrected chi connectivity index (χ0v) is 12.1. The average Bonchev–Trinajstić information content (AvgIpc) is 2.53. The van der Waals surface area contributed by atoms with E-state index in [9.17, 15) is 4.79 Å². The fourth-order valence-electron chi connectivity index (χ4n) is 2.75. The first-order valence-corrected chi connectivity index (χ1v) is 7.24. The first-order valence-electron chi connectivity index (χ1n) is 7.24. The van der Waals surface area contributed by atoms with Crippen molar-refractivity contribution in [3.8, 4) is 0 Å². The van der Waals surface area contributed by atoms with Gasteiger partial charge in [-0.3, -0.25) is 9.78 Å². The van der Waals surface area contributed by atoms with Crippen molar-refractivity contribution in [1.29, 1.82) is 0 Å². The van der Waals surface area contributed by atoms with Crippen LogP contribution in [0.4, 0.5) is 5.69 Å². The zero-order valence-electron chi connectivity index (χ0n) is 12.1. The summed E-state index contributed by atoms with van der Waals surface area (Å²) in [7, 11) is 1.84. The Kier molecular flexibility index (Phi) is 3.97. The second-order valence-corrected chi connectivity index (χ2v) is 5.29. The van der Waals surface area contributed by atoms with Crippen LogP contribution in [0.2, 0.25) is 0 Å². The minimum atomic E-state index is 0.0913. The van der Waals surface area contributed by atoms with E-state index >= 15 is 0 Å². The normalized spacial score (nSPS) is 17.7. The summed E-state index contributed by atoms with van der Waals surface area (Å²) in [6.45, 7) is 0.813. The van der Waals surface area contributed by atoms with E-state index in [-0.39, 0.29) is 11.9 Å². The lowest BCUT2D eigenvalue weighted by Gasteiger charge is -2.32. The third-order valence-electron chi connectivity index (χ3n) is 3.92. The molecule has 1 unspecified atom stereocenters. The highest BCUT2D eigenvalue weighted by Gasteiger charge is 2.28. The SMILES string of the molecule is CN1C(=O)CC(NCCc2ccccn2)c2ccccc21. The smallest absolute Gasteiger partial charge is 0.228 e. The number of benzene rings is 1. The lowest BCUT2D eigenvalue weighted by atomic mass is 9.96. The molecule has 0 radical (unpaired) electrons. The van der Waals surface area contributed by atoms with E-state index in [4.69, 9.17) is 0 Å². The Morgan fingerprint density at radius 2 is 2.05 bits per heavy atom. The molecule has 108 valence electrons. The molecule has 0 fully saturated rings. The maximum Gasteiger partial charge on any atom is 0.228 e. The summed E-state index contributed by atoms with van der Waals surface area (Å²) in [5, 5.41) is 3.49. The Morgan fingerprint density at radius 3 is 2.86 bits per heavy atom. The molecule has 0 saturated heterocycles. The highest BCUT2D eigenvalue weighted by molar-refractivity contribution is 5.96. The first kappa shape index (κ1) is 13.8. The van der Waals surface area contributed by atoms with Crippen molar-refractivity contribution in [3.05, 3.63) is 59.9 Å². The topological polar surface area (TPSA) is 45.2 Å². The predicted molar refractivity (Wildman–Crippen MR) is 83.2 cm³/mol. The summed E-state index contributed by atoms with van der Waals surface area (Å²) < 4.78 is 0. The van der Waals surface area contributed by atoms with Gasteiger partial charge in [0, 0.05) is 50.1 Å². The Labute approximate surface area is 124 Å². The third-order valence-corrected chi connectivity index (χ3v) is 3.92. The number of nitrogens with zero attached hydrogens (tertiary/aromatic N) is 2. The number of hydrogen-bond donors (Lipinski definition) is 1. The van der Waals surface area contributed by atoms with Crippen LogP contribution in [0.15, 0.2) is 48.7 Å². The summed E-state index contributed by atoms with van der Waals surface area (Å²) in [4.78, 5) is 18.1. The van der Waals surface area contributed by atoms with Crippen molar-refractivity contribution in [2.24, 2.45) is 0 Å². The van der Waals surface area contributed by atoms with Crippen molar-refractivity contribution in [2.75, 3.05) is 18.5 Å². The van der Waals surface area contributed by atoms with Gasteiger partial charge in [-0.1, -0.05) is 24.3 Å². The molecule has 4 heteroatoms. The number of aromatic nitrogens is 1. The van der Waals surface area contributed by atoms with Crippen molar-refractivity contribution in [1.82, 2.24) is 10.3 Å². The van der Waals surface area contributed by atoms with Crippen LogP contribution in [0.5, 0.6) is 0 Å². The maximum absolute atomic E-state index is 12.1.